The Hall–Kier alpha value is -2.57. The van der Waals surface area contributed by atoms with E-state index >= 15 is 0 Å². The summed E-state index contributed by atoms with van der Waals surface area (Å²) in [5.41, 5.74) is -0.279. The van der Waals surface area contributed by atoms with Gasteiger partial charge in [0.1, 0.15) is 5.82 Å². The highest BCUT2D eigenvalue weighted by atomic mass is 19.1. The van der Waals surface area contributed by atoms with Crippen molar-refractivity contribution in [2.75, 3.05) is 14.2 Å². The Kier molecular flexibility index (Phi) is 4.17. The molecule has 1 saturated carbocycles. The molecule has 0 aliphatic heterocycles. The van der Waals surface area contributed by atoms with E-state index in [2.05, 4.69) is 5.10 Å². The fraction of sp³-hybridized carbons (Fsp3) is 0.412. The molecule has 1 N–H and O–H groups in total. The standard InChI is InChI=1S/C17H19FN2O4/c1-23-14-9-15(24-2)20(19-14)17(16(21)22)8-7-12(10-17)11-3-5-13(18)6-4-11/h3-6,9,12H,7-8,10H2,1-2H3,(H,21,22). The van der Waals surface area contributed by atoms with Crippen molar-refractivity contribution in [2.45, 2.75) is 30.7 Å². The Morgan fingerprint density at radius 1 is 1.33 bits per heavy atom. The second kappa shape index (κ2) is 6.14. The zero-order valence-electron chi connectivity index (χ0n) is 13.5. The molecule has 1 aromatic heterocycles. The van der Waals surface area contributed by atoms with Crippen molar-refractivity contribution in [1.29, 1.82) is 0 Å². The Bertz CT molecular complexity index is 744. The molecular weight excluding hydrogens is 315 g/mol. The van der Waals surface area contributed by atoms with Crippen LogP contribution in [-0.2, 0) is 10.3 Å². The van der Waals surface area contributed by atoms with Crippen LogP contribution < -0.4 is 9.47 Å². The molecule has 2 atom stereocenters. The van der Waals surface area contributed by atoms with Gasteiger partial charge in [-0.2, -0.15) is 0 Å². The van der Waals surface area contributed by atoms with Crippen LogP contribution in [0.1, 0.15) is 30.7 Å². The van der Waals surface area contributed by atoms with Crippen molar-refractivity contribution < 1.29 is 23.8 Å². The molecule has 1 heterocycles. The Labute approximate surface area is 138 Å². The summed E-state index contributed by atoms with van der Waals surface area (Å²) in [6, 6.07) is 7.77. The van der Waals surface area contributed by atoms with E-state index in [1.165, 1.54) is 31.0 Å². The fourth-order valence-corrected chi connectivity index (χ4v) is 3.42. The van der Waals surface area contributed by atoms with Gasteiger partial charge in [0.2, 0.25) is 11.8 Å². The molecule has 3 rings (SSSR count). The summed E-state index contributed by atoms with van der Waals surface area (Å²) in [5, 5.41) is 14.2. The summed E-state index contributed by atoms with van der Waals surface area (Å²) in [4.78, 5) is 12.1. The fourth-order valence-electron chi connectivity index (χ4n) is 3.42. The predicted molar refractivity (Wildman–Crippen MR) is 83.9 cm³/mol. The maximum atomic E-state index is 13.1. The maximum Gasteiger partial charge on any atom is 0.331 e. The molecule has 0 bridgehead atoms. The van der Waals surface area contributed by atoms with Crippen LogP contribution in [0.2, 0.25) is 0 Å². The normalized spacial score (nSPS) is 23.2. The van der Waals surface area contributed by atoms with Crippen molar-refractivity contribution in [3.05, 3.63) is 41.7 Å². The van der Waals surface area contributed by atoms with E-state index in [9.17, 15) is 14.3 Å². The van der Waals surface area contributed by atoms with Crippen LogP contribution in [0.3, 0.4) is 0 Å². The van der Waals surface area contributed by atoms with Crippen LogP contribution in [0.15, 0.2) is 30.3 Å². The number of hydrogen-bond acceptors (Lipinski definition) is 4. The molecule has 0 amide bonds. The molecule has 1 aromatic carbocycles. The van der Waals surface area contributed by atoms with Gasteiger partial charge in [0.25, 0.3) is 0 Å². The minimum absolute atomic E-state index is 0.0154. The molecule has 6 nitrogen and oxygen atoms in total. The maximum absolute atomic E-state index is 13.1. The number of methoxy groups -OCH3 is 2. The topological polar surface area (TPSA) is 73.6 Å². The molecule has 0 saturated heterocycles. The molecule has 1 aliphatic rings. The minimum atomic E-state index is -1.21. The molecule has 24 heavy (non-hydrogen) atoms. The Morgan fingerprint density at radius 3 is 2.62 bits per heavy atom. The number of rotatable bonds is 5. The van der Waals surface area contributed by atoms with Gasteiger partial charge >= 0.3 is 5.97 Å². The largest absolute Gasteiger partial charge is 0.481 e. The Morgan fingerprint density at radius 2 is 2.04 bits per heavy atom. The number of carboxylic acid groups (broad SMARTS) is 1. The van der Waals surface area contributed by atoms with E-state index in [0.29, 0.717) is 31.0 Å². The molecule has 7 heteroatoms. The quantitative estimate of drug-likeness (QED) is 0.910. The van der Waals surface area contributed by atoms with Crippen molar-refractivity contribution in [2.24, 2.45) is 0 Å². The number of carbonyl (C=O) groups is 1. The van der Waals surface area contributed by atoms with E-state index in [-0.39, 0.29) is 11.7 Å². The zero-order chi connectivity index (χ0) is 17.3. The number of aliphatic carboxylic acids is 1. The first-order valence-corrected chi connectivity index (χ1v) is 7.67. The van der Waals surface area contributed by atoms with Gasteiger partial charge in [-0.05, 0) is 42.9 Å². The number of benzene rings is 1. The number of aromatic nitrogens is 2. The van der Waals surface area contributed by atoms with Crippen LogP contribution in [0.25, 0.3) is 0 Å². The summed E-state index contributed by atoms with van der Waals surface area (Å²) < 4.78 is 24.9. The van der Waals surface area contributed by atoms with Gasteiger partial charge in [0, 0.05) is 0 Å². The van der Waals surface area contributed by atoms with Gasteiger partial charge in [-0.1, -0.05) is 12.1 Å². The molecule has 1 fully saturated rings. The summed E-state index contributed by atoms with van der Waals surface area (Å²) in [6.45, 7) is 0. The summed E-state index contributed by atoms with van der Waals surface area (Å²) >= 11 is 0. The van der Waals surface area contributed by atoms with Crippen LogP contribution in [0.4, 0.5) is 4.39 Å². The Balaban J connectivity index is 1.98. The molecule has 2 unspecified atom stereocenters. The highest BCUT2D eigenvalue weighted by Crippen LogP contribution is 2.47. The average molecular weight is 334 g/mol. The predicted octanol–water partition coefficient (Wildman–Crippen LogP) is 2.79. The highest BCUT2D eigenvalue weighted by molar-refractivity contribution is 5.77. The van der Waals surface area contributed by atoms with E-state index in [1.807, 2.05) is 0 Å². The third-order valence-electron chi connectivity index (χ3n) is 4.71. The van der Waals surface area contributed by atoms with Gasteiger partial charge in [-0.3, -0.25) is 0 Å². The van der Waals surface area contributed by atoms with Gasteiger partial charge in [-0.15, -0.1) is 5.10 Å². The third-order valence-corrected chi connectivity index (χ3v) is 4.71. The van der Waals surface area contributed by atoms with E-state index in [4.69, 9.17) is 9.47 Å². The third kappa shape index (κ3) is 2.60. The van der Waals surface area contributed by atoms with Gasteiger partial charge < -0.3 is 14.6 Å². The number of hydrogen-bond donors (Lipinski definition) is 1. The molecule has 1 aliphatic carbocycles. The van der Waals surface area contributed by atoms with Gasteiger partial charge in [0.05, 0.1) is 20.3 Å². The van der Waals surface area contributed by atoms with Crippen molar-refractivity contribution >= 4 is 5.97 Å². The van der Waals surface area contributed by atoms with Crippen LogP contribution in [0.5, 0.6) is 11.8 Å². The monoisotopic (exact) mass is 334 g/mol. The van der Waals surface area contributed by atoms with E-state index in [0.717, 1.165) is 5.56 Å². The molecule has 2 aromatic rings. The number of carboxylic acids is 1. The number of halogens is 1. The average Bonchev–Trinajstić information content (AvgIpc) is 3.20. The van der Waals surface area contributed by atoms with Crippen LogP contribution >= 0.6 is 0 Å². The van der Waals surface area contributed by atoms with E-state index < -0.39 is 11.5 Å². The summed E-state index contributed by atoms with van der Waals surface area (Å²) in [7, 11) is 2.93. The van der Waals surface area contributed by atoms with Crippen molar-refractivity contribution in [3.63, 3.8) is 0 Å². The lowest BCUT2D eigenvalue weighted by molar-refractivity contribution is -0.148. The smallest absolute Gasteiger partial charge is 0.331 e. The van der Waals surface area contributed by atoms with E-state index in [1.54, 1.807) is 18.2 Å². The second-order valence-electron chi connectivity index (χ2n) is 5.97. The number of nitrogens with zero attached hydrogens (tertiary/aromatic N) is 2. The molecule has 128 valence electrons. The molecule has 0 radical (unpaired) electrons. The number of ether oxygens (including phenoxy) is 2. The summed E-state index contributed by atoms with van der Waals surface area (Å²) in [6.07, 6.45) is 1.43. The van der Waals surface area contributed by atoms with Crippen molar-refractivity contribution in [3.8, 4) is 11.8 Å². The van der Waals surface area contributed by atoms with Crippen LogP contribution in [-0.4, -0.2) is 35.1 Å². The minimum Gasteiger partial charge on any atom is -0.481 e. The molecular formula is C17H19FN2O4. The van der Waals surface area contributed by atoms with Crippen LogP contribution in [0, 0.1) is 5.82 Å². The summed E-state index contributed by atoms with van der Waals surface area (Å²) in [5.74, 6) is -0.607. The lowest BCUT2D eigenvalue weighted by Crippen LogP contribution is -2.40. The first-order chi connectivity index (χ1) is 11.5. The SMILES string of the molecule is COc1cc(OC)n(C2(C(=O)O)CCC(c3ccc(F)cc3)C2)n1. The first kappa shape index (κ1) is 16.3. The lowest BCUT2D eigenvalue weighted by Gasteiger charge is -2.26. The zero-order valence-corrected chi connectivity index (χ0v) is 13.5. The molecule has 0 spiro atoms. The van der Waals surface area contributed by atoms with Crippen molar-refractivity contribution in [1.82, 2.24) is 9.78 Å². The van der Waals surface area contributed by atoms with Gasteiger partial charge in [0.15, 0.2) is 5.54 Å². The second-order valence-corrected chi connectivity index (χ2v) is 5.97. The lowest BCUT2D eigenvalue weighted by atomic mass is 9.92. The van der Waals surface area contributed by atoms with Gasteiger partial charge in [-0.25, -0.2) is 13.9 Å². The highest BCUT2D eigenvalue weighted by Gasteiger charge is 2.50. The first-order valence-electron chi connectivity index (χ1n) is 7.67.